The molecule has 0 bridgehead atoms. The third-order valence-corrected chi connectivity index (χ3v) is 2.57. The lowest BCUT2D eigenvalue weighted by molar-refractivity contribution is 0.423. The minimum absolute atomic E-state index is 0.880. The highest BCUT2D eigenvalue weighted by molar-refractivity contribution is 4.91. The highest BCUT2D eigenvalue weighted by Gasteiger charge is 2.26. The van der Waals surface area contributed by atoms with Gasteiger partial charge in [-0.3, -0.25) is 0 Å². The molecule has 1 aliphatic carbocycles. The van der Waals surface area contributed by atoms with Crippen molar-refractivity contribution in [2.75, 3.05) is 0 Å². The van der Waals surface area contributed by atoms with Crippen molar-refractivity contribution < 1.29 is 0 Å². The normalized spacial score (nSPS) is 43.7. The summed E-state index contributed by atoms with van der Waals surface area (Å²) >= 11 is 0. The van der Waals surface area contributed by atoms with Gasteiger partial charge in [-0.15, -0.1) is 0 Å². The predicted molar refractivity (Wildman–Crippen MR) is 41.0 cm³/mol. The Bertz CT molecular complexity index is 86.0. The second-order valence-electron chi connectivity index (χ2n) is 3.43. The summed E-state index contributed by atoms with van der Waals surface area (Å²) in [7, 11) is 0. The number of hydrogen-bond donors (Lipinski definition) is 0. The fraction of sp³-hybridized carbons (Fsp3) is 0.889. The molecule has 0 aromatic heterocycles. The fourth-order valence-corrected chi connectivity index (χ4v) is 1.98. The zero-order valence-electron chi connectivity index (χ0n) is 6.72. The Morgan fingerprint density at radius 3 is 2.33 bits per heavy atom. The first-order valence-electron chi connectivity index (χ1n) is 4.09. The average Bonchev–Trinajstić information content (AvgIpc) is 2.10. The Labute approximate surface area is 58.7 Å². The molecule has 0 heterocycles. The van der Waals surface area contributed by atoms with E-state index in [9.17, 15) is 0 Å². The first-order valence-corrected chi connectivity index (χ1v) is 4.09. The second-order valence-corrected chi connectivity index (χ2v) is 3.43. The van der Waals surface area contributed by atoms with Crippen LogP contribution >= 0.6 is 0 Å². The fourth-order valence-electron chi connectivity index (χ4n) is 1.98. The summed E-state index contributed by atoms with van der Waals surface area (Å²) in [4.78, 5) is 0. The van der Waals surface area contributed by atoms with Crippen LogP contribution in [0, 0.1) is 24.2 Å². The van der Waals surface area contributed by atoms with Gasteiger partial charge in [-0.25, -0.2) is 0 Å². The maximum absolute atomic E-state index is 2.49. The zero-order chi connectivity index (χ0) is 6.85. The topological polar surface area (TPSA) is 0 Å². The van der Waals surface area contributed by atoms with Crippen LogP contribution in [-0.2, 0) is 0 Å². The second kappa shape index (κ2) is 2.72. The predicted octanol–water partition coefficient (Wildman–Crippen LogP) is 2.89. The van der Waals surface area contributed by atoms with Gasteiger partial charge in [0.25, 0.3) is 0 Å². The molecule has 0 amide bonds. The van der Waals surface area contributed by atoms with Gasteiger partial charge in [-0.1, -0.05) is 27.2 Å². The van der Waals surface area contributed by atoms with Gasteiger partial charge in [0.15, 0.2) is 0 Å². The molecular weight excluding hydrogens is 108 g/mol. The van der Waals surface area contributed by atoms with Crippen LogP contribution in [0.15, 0.2) is 0 Å². The van der Waals surface area contributed by atoms with Gasteiger partial charge in [0.1, 0.15) is 0 Å². The summed E-state index contributed by atoms with van der Waals surface area (Å²) < 4.78 is 0. The van der Waals surface area contributed by atoms with Crippen molar-refractivity contribution in [3.05, 3.63) is 6.42 Å². The van der Waals surface area contributed by atoms with Crippen LogP contribution in [0.3, 0.4) is 0 Å². The zero-order valence-corrected chi connectivity index (χ0v) is 6.72. The maximum atomic E-state index is 2.49. The molecule has 0 heteroatoms. The smallest absolute Gasteiger partial charge is 0.0326 e. The van der Waals surface area contributed by atoms with E-state index in [0.717, 1.165) is 17.8 Å². The summed E-state index contributed by atoms with van der Waals surface area (Å²) in [5.41, 5.74) is 0. The summed E-state index contributed by atoms with van der Waals surface area (Å²) in [5.74, 6) is 2.75. The van der Waals surface area contributed by atoms with Gasteiger partial charge < -0.3 is 0 Å². The first kappa shape index (κ1) is 7.11. The van der Waals surface area contributed by atoms with Gasteiger partial charge in [-0.2, -0.15) is 0 Å². The number of hydrogen-bond acceptors (Lipinski definition) is 0. The van der Waals surface area contributed by atoms with Crippen LogP contribution < -0.4 is 0 Å². The lowest BCUT2D eigenvalue weighted by atomic mass is 9.96. The van der Waals surface area contributed by atoms with Crippen molar-refractivity contribution in [3.63, 3.8) is 0 Å². The molecule has 0 aromatic rings. The molecule has 0 nitrogen and oxygen atoms in total. The van der Waals surface area contributed by atoms with Crippen molar-refractivity contribution in [1.29, 1.82) is 0 Å². The molecule has 0 spiro atoms. The van der Waals surface area contributed by atoms with Crippen molar-refractivity contribution in [2.45, 2.75) is 33.6 Å². The molecule has 1 radical (unpaired) electrons. The van der Waals surface area contributed by atoms with Gasteiger partial charge in [-0.05, 0) is 30.6 Å². The Morgan fingerprint density at radius 2 is 2.11 bits per heavy atom. The quantitative estimate of drug-likeness (QED) is 0.505. The van der Waals surface area contributed by atoms with Crippen molar-refractivity contribution in [2.24, 2.45) is 17.8 Å². The van der Waals surface area contributed by atoms with Gasteiger partial charge in [0.05, 0.1) is 0 Å². The van der Waals surface area contributed by atoms with E-state index >= 15 is 0 Å². The molecular formula is C9H17. The van der Waals surface area contributed by atoms with E-state index in [1.165, 1.54) is 12.8 Å². The Balaban J connectivity index is 2.38. The van der Waals surface area contributed by atoms with Crippen molar-refractivity contribution in [1.82, 2.24) is 0 Å². The maximum Gasteiger partial charge on any atom is -0.0326 e. The van der Waals surface area contributed by atoms with Gasteiger partial charge >= 0.3 is 0 Å². The van der Waals surface area contributed by atoms with Crippen molar-refractivity contribution >= 4 is 0 Å². The molecule has 53 valence electrons. The molecule has 0 N–H and O–H groups in total. The van der Waals surface area contributed by atoms with Crippen molar-refractivity contribution in [3.8, 4) is 0 Å². The monoisotopic (exact) mass is 125 g/mol. The Kier molecular flexibility index (Phi) is 2.15. The minimum atomic E-state index is 0.880. The van der Waals surface area contributed by atoms with E-state index in [4.69, 9.17) is 0 Å². The summed E-state index contributed by atoms with van der Waals surface area (Å²) in [6.45, 7) is 6.97. The average molecular weight is 125 g/mol. The van der Waals surface area contributed by atoms with E-state index in [-0.39, 0.29) is 0 Å². The highest BCUT2D eigenvalue weighted by Crippen LogP contribution is 2.36. The molecule has 9 heavy (non-hydrogen) atoms. The SMILES string of the molecule is CC[C@H]1C[C@@H](C)[CH]C1C. The molecule has 0 aromatic carbocycles. The van der Waals surface area contributed by atoms with Gasteiger partial charge in [0, 0.05) is 0 Å². The van der Waals surface area contributed by atoms with E-state index in [0.29, 0.717) is 0 Å². The van der Waals surface area contributed by atoms with Crippen LogP contribution in [-0.4, -0.2) is 0 Å². The summed E-state index contributed by atoms with van der Waals surface area (Å²) in [6.07, 6.45) is 5.29. The van der Waals surface area contributed by atoms with Crippen LogP contribution in [0.25, 0.3) is 0 Å². The molecule has 1 unspecified atom stereocenters. The van der Waals surface area contributed by atoms with E-state index in [1.54, 1.807) is 0 Å². The largest absolute Gasteiger partial charge is 0.0651 e. The van der Waals surface area contributed by atoms with Crippen LogP contribution in [0.4, 0.5) is 0 Å². The highest BCUT2D eigenvalue weighted by atomic mass is 14.3. The van der Waals surface area contributed by atoms with Crippen LogP contribution in [0.2, 0.25) is 0 Å². The third-order valence-electron chi connectivity index (χ3n) is 2.57. The molecule has 1 fully saturated rings. The molecule has 1 rings (SSSR count). The van der Waals surface area contributed by atoms with Crippen LogP contribution in [0.5, 0.6) is 0 Å². The Morgan fingerprint density at radius 1 is 1.44 bits per heavy atom. The minimum Gasteiger partial charge on any atom is -0.0651 e. The molecule has 1 aliphatic rings. The molecule has 1 saturated carbocycles. The number of rotatable bonds is 1. The van der Waals surface area contributed by atoms with Crippen LogP contribution in [0.1, 0.15) is 33.6 Å². The van der Waals surface area contributed by atoms with Gasteiger partial charge in [0.2, 0.25) is 0 Å². The standard InChI is InChI=1S/C9H17/c1-4-9-6-7(2)5-8(9)3/h5,7-9H,4,6H2,1-3H3/t7-,8?,9-/m0/s1. The molecule has 0 aliphatic heterocycles. The van der Waals surface area contributed by atoms with E-state index < -0.39 is 0 Å². The molecule has 0 saturated heterocycles. The molecule has 3 atom stereocenters. The summed E-state index contributed by atoms with van der Waals surface area (Å²) in [6, 6.07) is 0. The third kappa shape index (κ3) is 1.47. The Hall–Kier alpha value is 0. The lowest BCUT2D eigenvalue weighted by Gasteiger charge is -2.10. The van der Waals surface area contributed by atoms with E-state index in [1.807, 2.05) is 0 Å². The van der Waals surface area contributed by atoms with E-state index in [2.05, 4.69) is 27.2 Å². The lowest BCUT2D eigenvalue weighted by Crippen LogP contribution is -2.00. The first-order chi connectivity index (χ1) is 4.24. The summed E-state index contributed by atoms with van der Waals surface area (Å²) in [5, 5.41) is 0.